The van der Waals surface area contributed by atoms with Gasteiger partial charge in [-0.3, -0.25) is 4.68 Å². The standard InChI is InChI=1S/C39H47BrN4O6/c1-26-34(32(25-40)41-44(26)22-24-48-6)31-17-10-16-29-30(18-11-23-49-33-19-9-14-27-13-7-8-15-28(27)33)36(37(45)46)43(35(29)31)21-12-20-42(5)38(47)50-39(2,3)4/h7-10,13-17,19H,11-12,18,20-25H2,1-6H3,(H,45,46). The zero-order valence-corrected chi connectivity index (χ0v) is 31.4. The van der Waals surface area contributed by atoms with Gasteiger partial charge in [-0.25, -0.2) is 9.59 Å². The quantitative estimate of drug-likeness (QED) is 0.0846. The molecule has 2 heterocycles. The van der Waals surface area contributed by atoms with Crippen LogP contribution in [0.2, 0.25) is 0 Å². The number of amides is 1. The number of para-hydroxylation sites is 1. The second-order valence-electron chi connectivity index (χ2n) is 13.4. The highest BCUT2D eigenvalue weighted by atomic mass is 79.9. The van der Waals surface area contributed by atoms with Gasteiger partial charge in [0, 0.05) is 60.2 Å². The maximum absolute atomic E-state index is 13.2. The zero-order valence-electron chi connectivity index (χ0n) is 29.8. The van der Waals surface area contributed by atoms with Crippen LogP contribution >= 0.6 is 15.9 Å². The number of ether oxygens (including phenoxy) is 3. The molecule has 0 bridgehead atoms. The summed E-state index contributed by atoms with van der Waals surface area (Å²) in [6.07, 6.45) is 1.24. The van der Waals surface area contributed by atoms with Crippen LogP contribution in [0.15, 0.2) is 60.7 Å². The first kappa shape index (κ1) is 36.9. The number of hydrogen-bond donors (Lipinski definition) is 1. The van der Waals surface area contributed by atoms with Gasteiger partial charge in [-0.05, 0) is 64.0 Å². The second kappa shape index (κ2) is 16.1. The first-order valence-electron chi connectivity index (χ1n) is 17.0. The van der Waals surface area contributed by atoms with Crippen molar-refractivity contribution < 1.29 is 28.9 Å². The van der Waals surface area contributed by atoms with Gasteiger partial charge in [0.15, 0.2) is 0 Å². The maximum Gasteiger partial charge on any atom is 0.410 e. The van der Waals surface area contributed by atoms with Gasteiger partial charge in [-0.2, -0.15) is 5.10 Å². The number of halogens is 1. The number of carbonyl (C=O) groups is 2. The highest BCUT2D eigenvalue weighted by Gasteiger charge is 2.27. The number of rotatable bonds is 15. The largest absolute Gasteiger partial charge is 0.493 e. The third-order valence-electron chi connectivity index (χ3n) is 8.73. The number of benzene rings is 3. The number of carbonyl (C=O) groups excluding carboxylic acids is 1. The summed E-state index contributed by atoms with van der Waals surface area (Å²) in [6.45, 7) is 9.86. The molecule has 266 valence electrons. The molecule has 2 aromatic heterocycles. The number of carboxylic acid groups (broad SMARTS) is 1. The van der Waals surface area contributed by atoms with E-state index >= 15 is 0 Å². The molecule has 11 heteroatoms. The van der Waals surface area contributed by atoms with Crippen LogP contribution in [0.5, 0.6) is 5.75 Å². The molecule has 10 nitrogen and oxygen atoms in total. The molecule has 0 aliphatic heterocycles. The monoisotopic (exact) mass is 746 g/mol. The minimum atomic E-state index is -0.995. The first-order chi connectivity index (χ1) is 23.9. The molecular formula is C39H47BrN4O6. The van der Waals surface area contributed by atoms with Crippen molar-refractivity contribution in [2.24, 2.45) is 0 Å². The lowest BCUT2D eigenvalue weighted by Crippen LogP contribution is -2.35. The van der Waals surface area contributed by atoms with Crippen molar-refractivity contribution in [3.63, 3.8) is 0 Å². The first-order valence-corrected chi connectivity index (χ1v) is 18.1. The SMILES string of the molecule is COCCn1nc(CBr)c(-c2cccc3c(CCCOc4cccc5ccccc45)c(C(=O)O)n(CCCN(C)C(=O)OC(C)(C)C)c23)c1C. The van der Waals surface area contributed by atoms with Crippen LogP contribution in [-0.2, 0) is 34.3 Å². The van der Waals surface area contributed by atoms with Crippen molar-refractivity contribution >= 4 is 49.7 Å². The lowest BCUT2D eigenvalue weighted by Gasteiger charge is -2.24. The summed E-state index contributed by atoms with van der Waals surface area (Å²) in [5.74, 6) is -0.186. The lowest BCUT2D eigenvalue weighted by molar-refractivity contribution is 0.0294. The van der Waals surface area contributed by atoms with Gasteiger partial charge in [0.25, 0.3) is 0 Å². The molecule has 0 spiro atoms. The van der Waals surface area contributed by atoms with E-state index in [-0.39, 0.29) is 5.69 Å². The van der Waals surface area contributed by atoms with Gasteiger partial charge in [0.1, 0.15) is 17.0 Å². The fraction of sp³-hybridized carbons (Fsp3) is 0.410. The van der Waals surface area contributed by atoms with Gasteiger partial charge in [0.05, 0.1) is 31.0 Å². The highest BCUT2D eigenvalue weighted by Crippen LogP contribution is 2.39. The Hall–Kier alpha value is -4.35. The van der Waals surface area contributed by atoms with Gasteiger partial charge in [0.2, 0.25) is 0 Å². The van der Waals surface area contributed by atoms with Crippen LogP contribution in [0, 0.1) is 6.92 Å². The number of alkyl halides is 1. The van der Waals surface area contributed by atoms with Crippen LogP contribution in [-0.4, -0.2) is 75.9 Å². The van der Waals surface area contributed by atoms with Crippen LogP contribution < -0.4 is 4.74 Å². The normalized spacial score (nSPS) is 11.7. The Balaban J connectivity index is 1.53. The molecule has 0 saturated carbocycles. The van der Waals surface area contributed by atoms with Crippen LogP contribution in [0.25, 0.3) is 32.8 Å². The van der Waals surface area contributed by atoms with Gasteiger partial charge >= 0.3 is 12.1 Å². The molecule has 0 radical (unpaired) electrons. The summed E-state index contributed by atoms with van der Waals surface area (Å²) >= 11 is 3.64. The molecule has 0 unspecified atom stereocenters. The van der Waals surface area contributed by atoms with Crippen molar-refractivity contribution in [2.75, 3.05) is 33.9 Å². The zero-order chi connectivity index (χ0) is 36.0. The van der Waals surface area contributed by atoms with E-state index < -0.39 is 17.7 Å². The van der Waals surface area contributed by atoms with E-state index in [4.69, 9.17) is 19.3 Å². The molecule has 50 heavy (non-hydrogen) atoms. The number of carboxylic acids is 1. The number of aryl methyl sites for hydroxylation is 2. The third-order valence-corrected chi connectivity index (χ3v) is 9.26. The van der Waals surface area contributed by atoms with Crippen LogP contribution in [0.1, 0.15) is 61.1 Å². The molecule has 1 N–H and O–H groups in total. The fourth-order valence-corrected chi connectivity index (χ4v) is 6.89. The predicted molar refractivity (Wildman–Crippen MR) is 201 cm³/mol. The van der Waals surface area contributed by atoms with E-state index in [0.717, 1.165) is 55.5 Å². The predicted octanol–water partition coefficient (Wildman–Crippen LogP) is 8.47. The average molecular weight is 748 g/mol. The maximum atomic E-state index is 13.2. The average Bonchev–Trinajstić information content (AvgIpc) is 3.58. The highest BCUT2D eigenvalue weighted by molar-refractivity contribution is 9.08. The van der Waals surface area contributed by atoms with Crippen LogP contribution in [0.3, 0.4) is 0 Å². The molecule has 3 aromatic carbocycles. The van der Waals surface area contributed by atoms with Crippen molar-refractivity contribution in [3.05, 3.63) is 83.3 Å². The van der Waals surface area contributed by atoms with E-state index in [9.17, 15) is 14.7 Å². The number of hydrogen-bond acceptors (Lipinski definition) is 6. The van der Waals surface area contributed by atoms with E-state index in [1.807, 2.05) is 85.5 Å². The van der Waals surface area contributed by atoms with E-state index in [1.54, 1.807) is 14.2 Å². The fourth-order valence-electron chi connectivity index (χ4n) is 6.50. The van der Waals surface area contributed by atoms with E-state index in [1.165, 1.54) is 4.90 Å². The molecule has 0 atom stereocenters. The number of nitrogens with zero attached hydrogens (tertiary/aromatic N) is 4. The van der Waals surface area contributed by atoms with E-state index in [0.29, 0.717) is 57.4 Å². The Kier molecular flexibility index (Phi) is 11.9. The summed E-state index contributed by atoms with van der Waals surface area (Å²) in [5, 5.41) is 19.2. The number of fused-ring (bicyclic) bond motifs is 2. The number of aromatic nitrogens is 3. The van der Waals surface area contributed by atoms with Crippen molar-refractivity contribution in [3.8, 4) is 16.9 Å². The summed E-state index contributed by atoms with van der Waals surface area (Å²) in [5.41, 5.74) is 4.97. The molecule has 0 saturated heterocycles. The minimum Gasteiger partial charge on any atom is -0.493 e. The smallest absolute Gasteiger partial charge is 0.410 e. The summed E-state index contributed by atoms with van der Waals surface area (Å²) < 4.78 is 21.0. The molecule has 0 fully saturated rings. The number of aromatic carboxylic acids is 1. The molecule has 0 aliphatic rings. The molecule has 5 aromatic rings. The lowest BCUT2D eigenvalue weighted by atomic mass is 9.98. The van der Waals surface area contributed by atoms with E-state index in [2.05, 4.69) is 28.1 Å². The van der Waals surface area contributed by atoms with Gasteiger partial charge in [-0.15, -0.1) is 0 Å². The summed E-state index contributed by atoms with van der Waals surface area (Å²) in [4.78, 5) is 27.4. The number of methoxy groups -OCH3 is 1. The van der Waals surface area contributed by atoms with Gasteiger partial charge in [-0.1, -0.05) is 70.5 Å². The van der Waals surface area contributed by atoms with Crippen molar-refractivity contribution in [1.82, 2.24) is 19.2 Å². The summed E-state index contributed by atoms with van der Waals surface area (Å²) in [7, 11) is 3.37. The second-order valence-corrected chi connectivity index (χ2v) is 14.0. The molecule has 1 amide bonds. The Bertz CT molecular complexity index is 1970. The molecule has 0 aliphatic carbocycles. The minimum absolute atomic E-state index is 0.252. The third kappa shape index (κ3) is 8.16. The van der Waals surface area contributed by atoms with Crippen molar-refractivity contribution in [1.29, 1.82) is 0 Å². The molecular weight excluding hydrogens is 700 g/mol. The summed E-state index contributed by atoms with van der Waals surface area (Å²) in [6, 6.07) is 20.2. The van der Waals surface area contributed by atoms with Crippen molar-refractivity contribution in [2.45, 2.75) is 71.0 Å². The Labute approximate surface area is 302 Å². The topological polar surface area (TPSA) is 108 Å². The van der Waals surface area contributed by atoms with Gasteiger partial charge < -0.3 is 28.8 Å². The Morgan fingerprint density at radius 2 is 1.68 bits per heavy atom. The van der Waals surface area contributed by atoms with Crippen LogP contribution in [0.4, 0.5) is 4.79 Å². The Morgan fingerprint density at radius 3 is 2.40 bits per heavy atom. The Morgan fingerprint density at radius 1 is 0.960 bits per heavy atom. The molecule has 5 rings (SSSR count).